The zero-order valence-electron chi connectivity index (χ0n) is 12.3. The highest BCUT2D eigenvalue weighted by molar-refractivity contribution is 7.92. The summed E-state index contributed by atoms with van der Waals surface area (Å²) in [5.41, 5.74) is 2.63. The first kappa shape index (κ1) is 15.5. The molecule has 2 aromatic carbocycles. The Bertz CT molecular complexity index is 697. The van der Waals surface area contributed by atoms with Gasteiger partial charge in [0.2, 0.25) is 0 Å². The molecule has 0 aliphatic carbocycles. The normalized spacial score (nSPS) is 11.3. The summed E-state index contributed by atoms with van der Waals surface area (Å²) >= 11 is 0. The number of hydrogen-bond acceptors (Lipinski definition) is 3. The zero-order valence-corrected chi connectivity index (χ0v) is 13.1. The fourth-order valence-electron chi connectivity index (χ4n) is 1.99. The van der Waals surface area contributed by atoms with E-state index in [1.165, 1.54) is 0 Å². The first-order chi connectivity index (χ1) is 10.0. The van der Waals surface area contributed by atoms with Crippen LogP contribution in [0.3, 0.4) is 0 Å². The predicted octanol–water partition coefficient (Wildman–Crippen LogP) is 2.91. The highest BCUT2D eigenvalue weighted by Gasteiger charge is 2.15. The van der Waals surface area contributed by atoms with E-state index in [9.17, 15) is 8.42 Å². The van der Waals surface area contributed by atoms with Crippen LogP contribution in [-0.4, -0.2) is 15.0 Å². The number of sulfonamides is 1. The lowest BCUT2D eigenvalue weighted by molar-refractivity contribution is 0.601. The Morgan fingerprint density at radius 1 is 1.05 bits per heavy atom. The van der Waals surface area contributed by atoms with Crippen molar-refractivity contribution in [3.05, 3.63) is 59.7 Å². The molecule has 2 rings (SSSR count). The Hall–Kier alpha value is -1.85. The lowest BCUT2D eigenvalue weighted by Crippen LogP contribution is -2.16. The summed E-state index contributed by atoms with van der Waals surface area (Å²) < 4.78 is 27.4. The van der Waals surface area contributed by atoms with Crippen LogP contribution in [-0.2, 0) is 16.6 Å². The first-order valence-electron chi connectivity index (χ1n) is 6.91. The average Bonchev–Trinajstić information content (AvgIpc) is 2.47. The Labute approximate surface area is 126 Å². The van der Waals surface area contributed by atoms with Crippen molar-refractivity contribution < 1.29 is 8.42 Å². The van der Waals surface area contributed by atoms with Gasteiger partial charge < -0.3 is 5.32 Å². The third-order valence-corrected chi connectivity index (χ3v) is 4.60. The van der Waals surface area contributed by atoms with Gasteiger partial charge in [-0.25, -0.2) is 8.42 Å². The second-order valence-corrected chi connectivity index (χ2v) is 6.52. The van der Waals surface area contributed by atoms with Crippen molar-refractivity contribution in [1.29, 1.82) is 0 Å². The highest BCUT2D eigenvalue weighted by atomic mass is 32.2. The van der Waals surface area contributed by atoms with E-state index < -0.39 is 10.0 Å². The molecule has 0 aliphatic heterocycles. The summed E-state index contributed by atoms with van der Waals surface area (Å²) in [5.74, 6) is 0. The van der Waals surface area contributed by atoms with Crippen molar-refractivity contribution in [2.75, 3.05) is 11.3 Å². The fraction of sp³-hybridized carbons (Fsp3) is 0.250. The van der Waals surface area contributed by atoms with Gasteiger partial charge in [-0.05, 0) is 48.9 Å². The molecule has 2 N–H and O–H groups in total. The SMILES string of the molecule is CCNCc1cc(S(=O)(=O)Nc2ccccc2)ccc1C. The van der Waals surface area contributed by atoms with Crippen LogP contribution in [0.5, 0.6) is 0 Å². The Morgan fingerprint density at radius 3 is 2.43 bits per heavy atom. The number of benzene rings is 2. The number of nitrogens with one attached hydrogen (secondary N) is 2. The van der Waals surface area contributed by atoms with E-state index in [1.54, 1.807) is 36.4 Å². The maximum atomic E-state index is 12.4. The fourth-order valence-corrected chi connectivity index (χ4v) is 3.09. The van der Waals surface area contributed by atoms with Crippen LogP contribution in [0.2, 0.25) is 0 Å². The molecule has 0 aromatic heterocycles. The predicted molar refractivity (Wildman–Crippen MR) is 85.8 cm³/mol. The summed E-state index contributed by atoms with van der Waals surface area (Å²) in [5, 5.41) is 3.22. The molecule has 112 valence electrons. The smallest absolute Gasteiger partial charge is 0.261 e. The summed E-state index contributed by atoms with van der Waals surface area (Å²) in [6.45, 7) is 5.51. The van der Waals surface area contributed by atoms with Crippen LogP contribution in [0.25, 0.3) is 0 Å². The molecule has 0 spiro atoms. The van der Waals surface area contributed by atoms with Gasteiger partial charge in [-0.2, -0.15) is 0 Å². The third kappa shape index (κ3) is 4.06. The lowest BCUT2D eigenvalue weighted by atomic mass is 10.1. The molecule has 0 aliphatic rings. The second-order valence-electron chi connectivity index (χ2n) is 4.84. The van der Waals surface area contributed by atoms with Crippen LogP contribution < -0.4 is 10.0 Å². The first-order valence-corrected chi connectivity index (χ1v) is 8.39. The van der Waals surface area contributed by atoms with E-state index in [0.29, 0.717) is 12.2 Å². The van der Waals surface area contributed by atoms with E-state index in [-0.39, 0.29) is 4.90 Å². The molecular formula is C16H20N2O2S. The number of rotatable bonds is 6. The second kappa shape index (κ2) is 6.74. The Kier molecular flexibility index (Phi) is 4.98. The molecule has 21 heavy (non-hydrogen) atoms. The lowest BCUT2D eigenvalue weighted by Gasteiger charge is -2.11. The minimum atomic E-state index is -3.56. The molecular weight excluding hydrogens is 284 g/mol. The van der Waals surface area contributed by atoms with Gasteiger partial charge in [0.15, 0.2) is 0 Å². The Morgan fingerprint density at radius 2 is 1.76 bits per heavy atom. The minimum Gasteiger partial charge on any atom is -0.313 e. The van der Waals surface area contributed by atoms with Crippen molar-refractivity contribution in [2.45, 2.75) is 25.3 Å². The number of anilines is 1. The van der Waals surface area contributed by atoms with Crippen molar-refractivity contribution >= 4 is 15.7 Å². The van der Waals surface area contributed by atoms with Gasteiger partial charge in [0, 0.05) is 12.2 Å². The van der Waals surface area contributed by atoms with E-state index in [4.69, 9.17) is 0 Å². The van der Waals surface area contributed by atoms with Crippen LogP contribution in [0.1, 0.15) is 18.1 Å². The Balaban J connectivity index is 2.27. The molecule has 0 radical (unpaired) electrons. The van der Waals surface area contributed by atoms with Crippen molar-refractivity contribution in [2.24, 2.45) is 0 Å². The molecule has 0 heterocycles. The molecule has 0 bridgehead atoms. The van der Waals surface area contributed by atoms with Crippen LogP contribution in [0.15, 0.2) is 53.4 Å². The molecule has 0 atom stereocenters. The van der Waals surface area contributed by atoms with E-state index in [2.05, 4.69) is 10.0 Å². The van der Waals surface area contributed by atoms with Gasteiger partial charge in [-0.1, -0.05) is 31.2 Å². The van der Waals surface area contributed by atoms with E-state index >= 15 is 0 Å². The van der Waals surface area contributed by atoms with Gasteiger partial charge in [0.25, 0.3) is 10.0 Å². The quantitative estimate of drug-likeness (QED) is 0.862. The minimum absolute atomic E-state index is 0.282. The maximum absolute atomic E-state index is 12.4. The standard InChI is InChI=1S/C16H20N2O2S/c1-3-17-12-14-11-16(10-9-13(14)2)21(19,20)18-15-7-5-4-6-8-15/h4-11,17-18H,3,12H2,1-2H3. The molecule has 0 amide bonds. The van der Waals surface area contributed by atoms with Crippen molar-refractivity contribution in [1.82, 2.24) is 5.32 Å². The van der Waals surface area contributed by atoms with Gasteiger partial charge in [0.1, 0.15) is 0 Å². The summed E-state index contributed by atoms with van der Waals surface area (Å²) in [6, 6.07) is 14.1. The van der Waals surface area contributed by atoms with E-state index in [0.717, 1.165) is 17.7 Å². The topological polar surface area (TPSA) is 58.2 Å². The number of hydrogen-bond donors (Lipinski definition) is 2. The monoisotopic (exact) mass is 304 g/mol. The maximum Gasteiger partial charge on any atom is 0.261 e. The third-order valence-electron chi connectivity index (χ3n) is 3.22. The molecule has 0 saturated carbocycles. The van der Waals surface area contributed by atoms with Crippen LogP contribution >= 0.6 is 0 Å². The van der Waals surface area contributed by atoms with Gasteiger partial charge in [-0.3, -0.25) is 4.72 Å². The number of para-hydroxylation sites is 1. The van der Waals surface area contributed by atoms with Crippen molar-refractivity contribution in [3.63, 3.8) is 0 Å². The molecule has 0 fully saturated rings. The van der Waals surface area contributed by atoms with Gasteiger partial charge >= 0.3 is 0 Å². The largest absolute Gasteiger partial charge is 0.313 e. The zero-order chi connectivity index (χ0) is 15.3. The molecule has 2 aromatic rings. The average molecular weight is 304 g/mol. The molecule has 4 nitrogen and oxygen atoms in total. The number of aryl methyl sites for hydroxylation is 1. The van der Waals surface area contributed by atoms with Crippen LogP contribution in [0, 0.1) is 6.92 Å². The highest BCUT2D eigenvalue weighted by Crippen LogP contribution is 2.19. The molecule has 0 saturated heterocycles. The molecule has 0 unspecified atom stereocenters. The van der Waals surface area contributed by atoms with Gasteiger partial charge in [-0.15, -0.1) is 0 Å². The summed E-state index contributed by atoms with van der Waals surface area (Å²) in [7, 11) is -3.56. The van der Waals surface area contributed by atoms with Crippen molar-refractivity contribution in [3.8, 4) is 0 Å². The molecule has 5 heteroatoms. The summed E-state index contributed by atoms with van der Waals surface area (Å²) in [6.07, 6.45) is 0. The van der Waals surface area contributed by atoms with Crippen LogP contribution in [0.4, 0.5) is 5.69 Å². The van der Waals surface area contributed by atoms with Gasteiger partial charge in [0.05, 0.1) is 4.90 Å². The van der Waals surface area contributed by atoms with E-state index in [1.807, 2.05) is 26.0 Å². The summed E-state index contributed by atoms with van der Waals surface area (Å²) in [4.78, 5) is 0.282.